The molecule has 1 aliphatic rings. The van der Waals surface area contributed by atoms with Crippen molar-refractivity contribution in [3.8, 4) is 0 Å². The fourth-order valence-electron chi connectivity index (χ4n) is 3.83. The van der Waals surface area contributed by atoms with Crippen molar-refractivity contribution in [3.05, 3.63) is 0 Å². The number of carbonyl (C=O) groups excluding carboxylic acids is 1. The summed E-state index contributed by atoms with van der Waals surface area (Å²) in [6.07, 6.45) is 13.3. The van der Waals surface area contributed by atoms with Gasteiger partial charge >= 0.3 is 0 Å². The van der Waals surface area contributed by atoms with Crippen LogP contribution in [0.5, 0.6) is 0 Å². The van der Waals surface area contributed by atoms with Crippen molar-refractivity contribution in [2.75, 3.05) is 27.2 Å². The van der Waals surface area contributed by atoms with Crippen LogP contribution in [-0.2, 0) is 4.79 Å². The Labute approximate surface area is 158 Å². The van der Waals surface area contributed by atoms with Crippen LogP contribution < -0.4 is 0 Å². The summed E-state index contributed by atoms with van der Waals surface area (Å²) in [5.74, 6) is 1.03. The van der Waals surface area contributed by atoms with Gasteiger partial charge in [0.1, 0.15) is 0 Å². The number of piperidine rings is 1. The van der Waals surface area contributed by atoms with Gasteiger partial charge in [-0.05, 0) is 52.1 Å². The van der Waals surface area contributed by atoms with Crippen LogP contribution in [-0.4, -0.2) is 48.9 Å². The smallest absolute Gasteiger partial charge is 0.223 e. The maximum atomic E-state index is 12.9. The van der Waals surface area contributed by atoms with Gasteiger partial charge in [0.15, 0.2) is 0 Å². The van der Waals surface area contributed by atoms with Gasteiger partial charge in [0, 0.05) is 25.6 Å². The van der Waals surface area contributed by atoms with Crippen LogP contribution in [0.4, 0.5) is 0 Å². The molecule has 0 aromatic heterocycles. The van der Waals surface area contributed by atoms with Crippen LogP contribution in [0, 0.1) is 5.92 Å². The Morgan fingerprint density at radius 1 is 1.04 bits per heavy atom. The normalized spacial score (nSPS) is 18.7. The second-order valence-electron chi connectivity index (χ2n) is 7.71. The lowest BCUT2D eigenvalue weighted by molar-refractivity contribution is -0.136. The fourth-order valence-corrected chi connectivity index (χ4v) is 3.83. The minimum Gasteiger partial charge on any atom is -0.338 e. The average molecular weight is 355 g/mol. The number of hydrogen-bond donors (Lipinski definition) is 0. The first kappa shape index (κ1) is 24.4. The first-order valence-electron chi connectivity index (χ1n) is 11.0. The zero-order valence-electron chi connectivity index (χ0n) is 18.1. The highest BCUT2D eigenvalue weighted by molar-refractivity contribution is 5.77. The molecule has 1 saturated heterocycles. The Balaban J connectivity index is 0.00000277. The summed E-state index contributed by atoms with van der Waals surface area (Å²) in [5, 5.41) is 0. The van der Waals surface area contributed by atoms with E-state index in [0.717, 1.165) is 19.5 Å². The van der Waals surface area contributed by atoms with Gasteiger partial charge in [-0.3, -0.25) is 4.79 Å². The molecule has 0 aromatic carbocycles. The highest BCUT2D eigenvalue weighted by atomic mass is 16.2. The van der Waals surface area contributed by atoms with Crippen LogP contribution >= 0.6 is 0 Å². The minimum atomic E-state index is 0.425. The van der Waals surface area contributed by atoms with Crippen LogP contribution in [0.1, 0.15) is 98.3 Å². The molecule has 0 aliphatic carbocycles. The lowest BCUT2D eigenvalue weighted by atomic mass is 9.91. The number of likely N-dealkylation sites (N-methyl/N-ethyl adjacent to an activating group) is 1. The predicted molar refractivity (Wildman–Crippen MR) is 111 cm³/mol. The van der Waals surface area contributed by atoms with Gasteiger partial charge in [-0.25, -0.2) is 0 Å². The van der Waals surface area contributed by atoms with E-state index in [9.17, 15) is 4.79 Å². The molecule has 1 heterocycles. The molecular formula is C22H46N2O. The SMILES string of the molecule is CC.CCCCCC(CCCC)CC(=O)N1CCCCC1CN(C)C. The average Bonchev–Trinajstić information content (AvgIpc) is 2.61. The molecule has 3 nitrogen and oxygen atoms in total. The monoisotopic (exact) mass is 354 g/mol. The molecule has 25 heavy (non-hydrogen) atoms. The van der Waals surface area contributed by atoms with Gasteiger partial charge in [-0.15, -0.1) is 0 Å². The predicted octanol–water partition coefficient (Wildman–Crippen LogP) is 5.73. The van der Waals surface area contributed by atoms with Gasteiger partial charge in [-0.1, -0.05) is 59.8 Å². The molecule has 0 bridgehead atoms. The van der Waals surface area contributed by atoms with E-state index >= 15 is 0 Å². The second kappa shape index (κ2) is 15.7. The summed E-state index contributed by atoms with van der Waals surface area (Å²) in [4.78, 5) is 17.3. The number of rotatable bonds is 11. The quantitative estimate of drug-likeness (QED) is 0.442. The van der Waals surface area contributed by atoms with Crippen LogP contribution in [0.2, 0.25) is 0 Å². The second-order valence-corrected chi connectivity index (χ2v) is 7.71. The van der Waals surface area contributed by atoms with Gasteiger partial charge in [0.05, 0.1) is 0 Å². The fraction of sp³-hybridized carbons (Fsp3) is 0.955. The van der Waals surface area contributed by atoms with Crippen molar-refractivity contribution in [1.82, 2.24) is 9.80 Å². The molecule has 1 amide bonds. The molecule has 0 saturated carbocycles. The zero-order valence-corrected chi connectivity index (χ0v) is 18.1. The number of amides is 1. The Morgan fingerprint density at radius 2 is 1.68 bits per heavy atom. The van der Waals surface area contributed by atoms with Crippen molar-refractivity contribution in [3.63, 3.8) is 0 Å². The Bertz CT molecular complexity index is 317. The van der Waals surface area contributed by atoms with E-state index in [1.807, 2.05) is 13.8 Å². The summed E-state index contributed by atoms with van der Waals surface area (Å²) in [7, 11) is 4.23. The standard InChI is InChI=1S/C20H40N2O.C2H6/c1-5-7-9-13-18(12-8-6-2)16-20(23)22-15-11-10-14-19(22)17-21(3)4;1-2/h18-19H,5-17H2,1-4H3;1-2H3. The van der Waals surface area contributed by atoms with Gasteiger partial charge in [0.25, 0.3) is 0 Å². The summed E-state index contributed by atoms with van der Waals surface area (Å²) < 4.78 is 0. The molecule has 0 N–H and O–H groups in total. The lowest BCUT2D eigenvalue weighted by Gasteiger charge is -2.38. The molecule has 3 heteroatoms. The Morgan fingerprint density at radius 3 is 2.28 bits per heavy atom. The summed E-state index contributed by atoms with van der Waals surface area (Å²) >= 11 is 0. The lowest BCUT2D eigenvalue weighted by Crippen LogP contribution is -2.48. The first-order chi connectivity index (χ1) is 12.1. The van der Waals surface area contributed by atoms with E-state index in [1.54, 1.807) is 0 Å². The molecular weight excluding hydrogens is 308 g/mol. The number of likely N-dealkylation sites (tertiary alicyclic amines) is 1. The highest BCUT2D eigenvalue weighted by Crippen LogP contribution is 2.24. The molecule has 2 unspecified atom stereocenters. The van der Waals surface area contributed by atoms with Crippen LogP contribution in [0.25, 0.3) is 0 Å². The van der Waals surface area contributed by atoms with Gasteiger partial charge in [-0.2, -0.15) is 0 Å². The number of carbonyl (C=O) groups is 1. The van der Waals surface area contributed by atoms with Crippen molar-refractivity contribution >= 4 is 5.91 Å². The minimum absolute atomic E-state index is 0.425. The van der Waals surface area contributed by atoms with Crippen molar-refractivity contribution in [2.45, 2.75) is 104 Å². The van der Waals surface area contributed by atoms with Gasteiger partial charge in [0.2, 0.25) is 5.91 Å². The molecule has 1 rings (SSSR count). The maximum absolute atomic E-state index is 12.9. The number of hydrogen-bond acceptors (Lipinski definition) is 2. The molecule has 150 valence electrons. The van der Waals surface area contributed by atoms with Crippen molar-refractivity contribution in [1.29, 1.82) is 0 Å². The third kappa shape index (κ3) is 10.9. The Hall–Kier alpha value is -0.570. The van der Waals surface area contributed by atoms with E-state index in [0.29, 0.717) is 17.9 Å². The van der Waals surface area contributed by atoms with Crippen molar-refractivity contribution in [2.24, 2.45) is 5.92 Å². The summed E-state index contributed by atoms with van der Waals surface area (Å²) in [6.45, 7) is 10.5. The molecule has 0 spiro atoms. The van der Waals surface area contributed by atoms with E-state index in [4.69, 9.17) is 0 Å². The van der Waals surface area contributed by atoms with Crippen molar-refractivity contribution < 1.29 is 4.79 Å². The van der Waals surface area contributed by atoms with E-state index in [2.05, 4.69) is 37.7 Å². The number of unbranched alkanes of at least 4 members (excludes halogenated alkanes) is 3. The van der Waals surface area contributed by atoms with Gasteiger partial charge < -0.3 is 9.80 Å². The third-order valence-corrected chi connectivity index (χ3v) is 5.17. The van der Waals surface area contributed by atoms with Crippen LogP contribution in [0.15, 0.2) is 0 Å². The summed E-state index contributed by atoms with van der Waals surface area (Å²) in [6, 6.07) is 0.439. The third-order valence-electron chi connectivity index (χ3n) is 5.17. The molecule has 0 radical (unpaired) electrons. The highest BCUT2D eigenvalue weighted by Gasteiger charge is 2.28. The van der Waals surface area contributed by atoms with Crippen LogP contribution in [0.3, 0.4) is 0 Å². The van der Waals surface area contributed by atoms with E-state index < -0.39 is 0 Å². The van der Waals surface area contributed by atoms with E-state index in [1.165, 1.54) is 64.2 Å². The number of nitrogens with zero attached hydrogens (tertiary/aromatic N) is 2. The molecule has 2 atom stereocenters. The zero-order chi connectivity index (χ0) is 19.1. The van der Waals surface area contributed by atoms with E-state index in [-0.39, 0.29) is 0 Å². The first-order valence-corrected chi connectivity index (χ1v) is 11.0. The molecule has 1 fully saturated rings. The maximum Gasteiger partial charge on any atom is 0.223 e. The molecule has 1 aliphatic heterocycles. The Kier molecular flexibility index (Phi) is 15.3. The molecule has 0 aromatic rings. The topological polar surface area (TPSA) is 23.6 Å². The summed E-state index contributed by atoms with van der Waals surface area (Å²) in [5.41, 5.74) is 0. The largest absolute Gasteiger partial charge is 0.338 e.